The zero-order chi connectivity index (χ0) is 13.7. The Morgan fingerprint density at radius 2 is 2.26 bits per heavy atom. The molecular weight excluding hydrogens is 246 g/mol. The summed E-state index contributed by atoms with van der Waals surface area (Å²) < 4.78 is 6.60. The number of nitrogens with one attached hydrogen (secondary N) is 1. The molecule has 2 aromatic heterocycles. The Morgan fingerprint density at radius 1 is 1.42 bits per heavy atom. The van der Waals surface area contributed by atoms with Gasteiger partial charge in [0.05, 0.1) is 6.61 Å². The molecule has 2 aromatic rings. The van der Waals surface area contributed by atoms with E-state index in [2.05, 4.69) is 32.3 Å². The maximum absolute atomic E-state index is 5.66. The van der Waals surface area contributed by atoms with Gasteiger partial charge in [-0.05, 0) is 12.0 Å². The summed E-state index contributed by atoms with van der Waals surface area (Å²) in [6.45, 7) is 3.42. The SMILES string of the molecule is COCC(C)CNc1nc(N)nc(-n2cccn2)n1. The van der Waals surface area contributed by atoms with Crippen molar-refractivity contribution in [3.63, 3.8) is 0 Å². The maximum atomic E-state index is 5.66. The summed E-state index contributed by atoms with van der Waals surface area (Å²) in [5.41, 5.74) is 5.66. The first kappa shape index (κ1) is 13.2. The molecule has 102 valence electrons. The molecular formula is C11H17N7O. The van der Waals surface area contributed by atoms with E-state index in [9.17, 15) is 0 Å². The predicted molar refractivity (Wildman–Crippen MR) is 70.9 cm³/mol. The molecule has 0 bridgehead atoms. The molecule has 2 heterocycles. The van der Waals surface area contributed by atoms with E-state index in [-0.39, 0.29) is 5.95 Å². The first-order valence-corrected chi connectivity index (χ1v) is 5.93. The quantitative estimate of drug-likeness (QED) is 0.774. The molecule has 1 atom stereocenters. The monoisotopic (exact) mass is 263 g/mol. The molecule has 0 aliphatic heterocycles. The van der Waals surface area contributed by atoms with Gasteiger partial charge in [0, 0.05) is 26.0 Å². The topological polar surface area (TPSA) is 104 Å². The van der Waals surface area contributed by atoms with Crippen molar-refractivity contribution in [1.29, 1.82) is 0 Å². The Labute approximate surface area is 111 Å². The highest BCUT2D eigenvalue weighted by Gasteiger charge is 2.08. The fraction of sp³-hybridized carbons (Fsp3) is 0.455. The van der Waals surface area contributed by atoms with Crippen molar-refractivity contribution < 1.29 is 4.74 Å². The van der Waals surface area contributed by atoms with Gasteiger partial charge in [-0.2, -0.15) is 20.1 Å². The van der Waals surface area contributed by atoms with Crippen LogP contribution in [0.4, 0.5) is 11.9 Å². The minimum atomic E-state index is 0.155. The van der Waals surface area contributed by atoms with Gasteiger partial charge < -0.3 is 15.8 Å². The number of nitrogens with zero attached hydrogens (tertiary/aromatic N) is 5. The Balaban J connectivity index is 2.09. The Bertz CT molecular complexity index is 514. The lowest BCUT2D eigenvalue weighted by molar-refractivity contribution is 0.164. The highest BCUT2D eigenvalue weighted by atomic mass is 16.5. The zero-order valence-corrected chi connectivity index (χ0v) is 10.9. The number of hydrogen-bond acceptors (Lipinski definition) is 7. The molecule has 0 aromatic carbocycles. The van der Waals surface area contributed by atoms with E-state index in [0.717, 1.165) is 0 Å². The molecule has 0 saturated carbocycles. The molecule has 0 spiro atoms. The second-order valence-corrected chi connectivity index (χ2v) is 4.21. The maximum Gasteiger partial charge on any atom is 0.257 e. The van der Waals surface area contributed by atoms with E-state index in [0.29, 0.717) is 31.0 Å². The second-order valence-electron chi connectivity index (χ2n) is 4.21. The van der Waals surface area contributed by atoms with E-state index >= 15 is 0 Å². The number of aromatic nitrogens is 5. The molecule has 2 rings (SSSR count). The van der Waals surface area contributed by atoms with E-state index in [4.69, 9.17) is 10.5 Å². The van der Waals surface area contributed by atoms with Crippen LogP contribution < -0.4 is 11.1 Å². The van der Waals surface area contributed by atoms with Crippen LogP contribution in [0.25, 0.3) is 5.95 Å². The Morgan fingerprint density at radius 3 is 2.95 bits per heavy atom. The average molecular weight is 263 g/mol. The van der Waals surface area contributed by atoms with Gasteiger partial charge in [0.25, 0.3) is 5.95 Å². The van der Waals surface area contributed by atoms with Crippen LogP contribution >= 0.6 is 0 Å². The summed E-state index contributed by atoms with van der Waals surface area (Å²) in [7, 11) is 1.67. The van der Waals surface area contributed by atoms with Gasteiger partial charge in [-0.25, -0.2) is 4.68 Å². The van der Waals surface area contributed by atoms with Crippen molar-refractivity contribution >= 4 is 11.9 Å². The van der Waals surface area contributed by atoms with Gasteiger partial charge in [-0.15, -0.1) is 0 Å². The summed E-state index contributed by atoms with van der Waals surface area (Å²) in [6, 6.07) is 1.79. The molecule has 8 heteroatoms. The number of nitrogens with two attached hydrogens (primary N) is 1. The number of nitrogen functional groups attached to an aromatic ring is 1. The van der Waals surface area contributed by atoms with Gasteiger partial charge in [0.2, 0.25) is 11.9 Å². The summed E-state index contributed by atoms with van der Waals surface area (Å²) in [4.78, 5) is 12.3. The largest absolute Gasteiger partial charge is 0.384 e. The average Bonchev–Trinajstić information content (AvgIpc) is 2.90. The molecule has 8 nitrogen and oxygen atoms in total. The molecule has 19 heavy (non-hydrogen) atoms. The first-order chi connectivity index (χ1) is 9.19. The molecule has 0 aliphatic carbocycles. The van der Waals surface area contributed by atoms with Crippen molar-refractivity contribution in [2.24, 2.45) is 5.92 Å². The van der Waals surface area contributed by atoms with Crippen LogP contribution in [0.1, 0.15) is 6.92 Å². The molecule has 0 radical (unpaired) electrons. The lowest BCUT2D eigenvalue weighted by Gasteiger charge is -2.11. The van der Waals surface area contributed by atoms with Gasteiger partial charge in [-0.1, -0.05) is 6.92 Å². The van der Waals surface area contributed by atoms with Crippen LogP contribution in [0.2, 0.25) is 0 Å². The van der Waals surface area contributed by atoms with Crippen molar-refractivity contribution in [3.05, 3.63) is 18.5 Å². The molecule has 0 saturated heterocycles. The van der Waals surface area contributed by atoms with E-state index in [1.54, 1.807) is 25.6 Å². The standard InChI is InChI=1S/C11H17N7O/c1-8(7-19-2)6-13-10-15-9(12)16-11(17-10)18-5-3-4-14-18/h3-5,8H,6-7H2,1-2H3,(H3,12,13,15,16,17). The van der Waals surface area contributed by atoms with Gasteiger partial charge in [0.1, 0.15) is 0 Å². The third kappa shape index (κ3) is 3.62. The number of rotatable bonds is 6. The van der Waals surface area contributed by atoms with Crippen LogP contribution in [-0.2, 0) is 4.74 Å². The number of methoxy groups -OCH3 is 1. The highest BCUT2D eigenvalue weighted by Crippen LogP contribution is 2.07. The normalized spacial score (nSPS) is 12.3. The van der Waals surface area contributed by atoms with Crippen molar-refractivity contribution in [1.82, 2.24) is 24.7 Å². The Kier molecular flexibility index (Phi) is 4.24. The zero-order valence-electron chi connectivity index (χ0n) is 10.9. The Hall–Kier alpha value is -2.22. The second kappa shape index (κ2) is 6.10. The smallest absolute Gasteiger partial charge is 0.257 e. The minimum absolute atomic E-state index is 0.155. The summed E-state index contributed by atoms with van der Waals surface area (Å²) >= 11 is 0. The summed E-state index contributed by atoms with van der Waals surface area (Å²) in [5.74, 6) is 1.32. The van der Waals surface area contributed by atoms with E-state index in [1.807, 2.05) is 0 Å². The lowest BCUT2D eigenvalue weighted by atomic mass is 10.2. The fourth-order valence-corrected chi connectivity index (χ4v) is 1.56. The molecule has 0 fully saturated rings. The number of ether oxygens (including phenoxy) is 1. The number of hydrogen-bond donors (Lipinski definition) is 2. The highest BCUT2D eigenvalue weighted by molar-refractivity contribution is 5.34. The minimum Gasteiger partial charge on any atom is -0.384 e. The van der Waals surface area contributed by atoms with Gasteiger partial charge >= 0.3 is 0 Å². The molecule has 3 N–H and O–H groups in total. The van der Waals surface area contributed by atoms with Crippen LogP contribution in [0.15, 0.2) is 18.5 Å². The third-order valence-electron chi connectivity index (χ3n) is 2.41. The first-order valence-electron chi connectivity index (χ1n) is 5.93. The van der Waals surface area contributed by atoms with Crippen LogP contribution in [0.3, 0.4) is 0 Å². The van der Waals surface area contributed by atoms with Crippen molar-refractivity contribution in [3.8, 4) is 5.95 Å². The van der Waals surface area contributed by atoms with E-state index in [1.165, 1.54) is 4.68 Å². The lowest BCUT2D eigenvalue weighted by Crippen LogP contribution is -2.18. The molecule has 0 amide bonds. The van der Waals surface area contributed by atoms with Gasteiger partial charge in [-0.3, -0.25) is 0 Å². The van der Waals surface area contributed by atoms with E-state index < -0.39 is 0 Å². The van der Waals surface area contributed by atoms with Gasteiger partial charge in [0.15, 0.2) is 0 Å². The molecule has 1 unspecified atom stereocenters. The predicted octanol–water partition coefficient (Wildman–Crippen LogP) is 0.334. The van der Waals surface area contributed by atoms with Crippen LogP contribution in [0, 0.1) is 5.92 Å². The summed E-state index contributed by atoms with van der Waals surface area (Å²) in [6.07, 6.45) is 3.39. The third-order valence-corrected chi connectivity index (χ3v) is 2.41. The summed E-state index contributed by atoms with van der Waals surface area (Å²) in [5, 5.41) is 7.16. The van der Waals surface area contributed by atoms with Crippen LogP contribution in [0.5, 0.6) is 0 Å². The van der Waals surface area contributed by atoms with Crippen molar-refractivity contribution in [2.45, 2.75) is 6.92 Å². The van der Waals surface area contributed by atoms with Crippen LogP contribution in [-0.4, -0.2) is 45.0 Å². The van der Waals surface area contributed by atoms with Crippen molar-refractivity contribution in [2.75, 3.05) is 31.3 Å². The fourth-order valence-electron chi connectivity index (χ4n) is 1.56. The molecule has 0 aliphatic rings. The number of anilines is 2.